The van der Waals surface area contributed by atoms with Crippen LogP contribution in [-0.2, 0) is 0 Å². The quantitative estimate of drug-likeness (QED) is 0.774. The van der Waals surface area contributed by atoms with Crippen molar-refractivity contribution in [2.75, 3.05) is 6.54 Å². The first kappa shape index (κ1) is 15.5. The van der Waals surface area contributed by atoms with E-state index in [-0.39, 0.29) is 0 Å². The van der Waals surface area contributed by atoms with Gasteiger partial charge in [-0.1, -0.05) is 37.7 Å². The van der Waals surface area contributed by atoms with Crippen molar-refractivity contribution in [1.29, 1.82) is 0 Å². The van der Waals surface area contributed by atoms with Gasteiger partial charge in [-0.05, 0) is 44.0 Å². The van der Waals surface area contributed by atoms with Gasteiger partial charge in [0.15, 0.2) is 4.34 Å². The van der Waals surface area contributed by atoms with Gasteiger partial charge in [-0.3, -0.25) is 0 Å². The lowest BCUT2D eigenvalue weighted by Gasteiger charge is -2.17. The molecule has 0 spiro atoms. The molecule has 2 nitrogen and oxygen atoms in total. The highest BCUT2D eigenvalue weighted by Gasteiger charge is 2.08. The molecule has 0 radical (unpaired) electrons. The molecule has 2 aromatic rings. The fourth-order valence-electron chi connectivity index (χ4n) is 2.06. The highest BCUT2D eigenvalue weighted by Crippen LogP contribution is 2.31. The number of benzene rings is 1. The standard InChI is InChI=1S/C16H22N2S2/c1-4-10-17-15(5-2)13-6-8-14(9-7-13)20-16-18-12(3)11-19-16/h6-9,11,15,17H,4-5,10H2,1-3H3. The van der Waals surface area contributed by atoms with Crippen LogP contribution in [-0.4, -0.2) is 11.5 Å². The molecule has 0 amide bonds. The molecule has 0 fully saturated rings. The smallest absolute Gasteiger partial charge is 0.154 e. The number of aromatic nitrogens is 1. The van der Waals surface area contributed by atoms with Gasteiger partial charge in [0, 0.05) is 22.0 Å². The second-order valence-electron chi connectivity index (χ2n) is 4.84. The van der Waals surface area contributed by atoms with Crippen LogP contribution in [0.4, 0.5) is 0 Å². The van der Waals surface area contributed by atoms with Crippen molar-refractivity contribution in [3.63, 3.8) is 0 Å². The zero-order valence-corrected chi connectivity index (χ0v) is 14.0. The van der Waals surface area contributed by atoms with Crippen molar-refractivity contribution in [2.24, 2.45) is 0 Å². The van der Waals surface area contributed by atoms with E-state index in [9.17, 15) is 0 Å². The van der Waals surface area contributed by atoms with Gasteiger partial charge in [0.25, 0.3) is 0 Å². The van der Waals surface area contributed by atoms with Crippen LogP contribution >= 0.6 is 23.1 Å². The molecule has 1 N–H and O–H groups in total. The predicted octanol–water partition coefficient (Wildman–Crippen LogP) is 5.05. The first-order valence-corrected chi connectivity index (χ1v) is 8.85. The van der Waals surface area contributed by atoms with E-state index in [0.29, 0.717) is 6.04 Å². The first-order chi connectivity index (χ1) is 9.72. The summed E-state index contributed by atoms with van der Waals surface area (Å²) in [7, 11) is 0. The summed E-state index contributed by atoms with van der Waals surface area (Å²) < 4.78 is 1.12. The molecule has 4 heteroatoms. The summed E-state index contributed by atoms with van der Waals surface area (Å²) in [4.78, 5) is 5.75. The molecule has 0 aliphatic heterocycles. The van der Waals surface area contributed by atoms with Crippen LogP contribution < -0.4 is 5.32 Å². The molecule has 1 aromatic carbocycles. The lowest BCUT2D eigenvalue weighted by molar-refractivity contribution is 0.518. The maximum atomic E-state index is 4.49. The number of hydrogen-bond donors (Lipinski definition) is 1. The summed E-state index contributed by atoms with van der Waals surface area (Å²) in [6, 6.07) is 9.34. The van der Waals surface area contributed by atoms with Crippen LogP contribution in [0, 0.1) is 6.92 Å². The molecule has 0 aliphatic rings. The van der Waals surface area contributed by atoms with Crippen LogP contribution in [0.3, 0.4) is 0 Å². The lowest BCUT2D eigenvalue weighted by atomic mass is 10.0. The van der Waals surface area contributed by atoms with Crippen molar-refractivity contribution >= 4 is 23.1 Å². The first-order valence-electron chi connectivity index (χ1n) is 7.16. The molecule has 0 saturated carbocycles. The van der Waals surface area contributed by atoms with Gasteiger partial charge in [0.1, 0.15) is 0 Å². The van der Waals surface area contributed by atoms with Crippen LogP contribution in [0.1, 0.15) is 44.0 Å². The maximum absolute atomic E-state index is 4.49. The van der Waals surface area contributed by atoms with E-state index in [4.69, 9.17) is 0 Å². The fraction of sp³-hybridized carbons (Fsp3) is 0.438. The van der Waals surface area contributed by atoms with Crippen LogP contribution in [0.2, 0.25) is 0 Å². The number of nitrogens with one attached hydrogen (secondary N) is 1. The van der Waals surface area contributed by atoms with Crippen LogP contribution in [0.25, 0.3) is 0 Å². The van der Waals surface area contributed by atoms with Crippen molar-refractivity contribution < 1.29 is 0 Å². The topological polar surface area (TPSA) is 24.9 Å². The Morgan fingerprint density at radius 3 is 2.55 bits per heavy atom. The minimum Gasteiger partial charge on any atom is -0.310 e. The van der Waals surface area contributed by atoms with E-state index in [1.54, 1.807) is 23.1 Å². The minimum absolute atomic E-state index is 0.469. The summed E-state index contributed by atoms with van der Waals surface area (Å²) in [6.07, 6.45) is 2.30. The fourth-order valence-corrected chi connectivity index (χ4v) is 3.87. The van der Waals surface area contributed by atoms with E-state index in [0.717, 1.165) is 23.0 Å². The number of nitrogens with zero attached hydrogens (tertiary/aromatic N) is 1. The Morgan fingerprint density at radius 2 is 2.00 bits per heavy atom. The van der Waals surface area contributed by atoms with E-state index >= 15 is 0 Å². The highest BCUT2D eigenvalue weighted by atomic mass is 32.2. The Bertz CT molecular complexity index is 520. The van der Waals surface area contributed by atoms with Crippen molar-refractivity contribution in [2.45, 2.75) is 48.9 Å². The maximum Gasteiger partial charge on any atom is 0.154 e. The summed E-state index contributed by atoms with van der Waals surface area (Å²) in [5, 5.41) is 5.69. The van der Waals surface area contributed by atoms with Gasteiger partial charge in [0.05, 0.1) is 0 Å². The summed E-state index contributed by atoms with van der Waals surface area (Å²) in [5.41, 5.74) is 2.48. The van der Waals surface area contributed by atoms with E-state index in [1.165, 1.54) is 16.9 Å². The van der Waals surface area contributed by atoms with Gasteiger partial charge in [-0.15, -0.1) is 11.3 Å². The summed E-state index contributed by atoms with van der Waals surface area (Å²) in [5.74, 6) is 0. The molecule has 0 bridgehead atoms. The van der Waals surface area contributed by atoms with Gasteiger partial charge < -0.3 is 5.32 Å². The molecule has 1 heterocycles. The zero-order valence-electron chi connectivity index (χ0n) is 12.3. The molecule has 0 aliphatic carbocycles. The number of rotatable bonds is 7. The summed E-state index contributed by atoms with van der Waals surface area (Å²) in [6.45, 7) is 7.55. The Morgan fingerprint density at radius 1 is 1.25 bits per heavy atom. The zero-order chi connectivity index (χ0) is 14.4. The molecule has 1 atom stereocenters. The molecule has 1 unspecified atom stereocenters. The van der Waals surface area contributed by atoms with Gasteiger partial charge in [0.2, 0.25) is 0 Å². The minimum atomic E-state index is 0.469. The third-order valence-corrected chi connectivity index (χ3v) is 5.20. The average Bonchev–Trinajstić information content (AvgIpc) is 2.86. The molecule has 20 heavy (non-hydrogen) atoms. The SMILES string of the molecule is CCCNC(CC)c1ccc(Sc2nc(C)cs2)cc1. The van der Waals surface area contributed by atoms with E-state index < -0.39 is 0 Å². The van der Waals surface area contributed by atoms with Gasteiger partial charge >= 0.3 is 0 Å². The molecular formula is C16H22N2S2. The number of thiazole rings is 1. The second-order valence-corrected chi connectivity index (χ2v) is 7.02. The Labute approximate surface area is 130 Å². The lowest BCUT2D eigenvalue weighted by Crippen LogP contribution is -2.21. The van der Waals surface area contributed by atoms with Gasteiger partial charge in [-0.2, -0.15) is 0 Å². The average molecular weight is 306 g/mol. The monoisotopic (exact) mass is 306 g/mol. The number of aryl methyl sites for hydroxylation is 1. The molecule has 0 saturated heterocycles. The predicted molar refractivity (Wildman–Crippen MR) is 88.7 cm³/mol. The van der Waals surface area contributed by atoms with Crippen molar-refractivity contribution in [3.05, 3.63) is 40.9 Å². The Balaban J connectivity index is 2.01. The molecule has 108 valence electrons. The van der Waals surface area contributed by atoms with Crippen LogP contribution in [0.5, 0.6) is 0 Å². The normalized spacial score (nSPS) is 12.6. The largest absolute Gasteiger partial charge is 0.310 e. The summed E-state index contributed by atoms with van der Waals surface area (Å²) >= 11 is 3.45. The molecule has 2 rings (SSSR count). The van der Waals surface area contributed by atoms with Crippen molar-refractivity contribution in [3.8, 4) is 0 Å². The van der Waals surface area contributed by atoms with E-state index in [2.05, 4.69) is 53.8 Å². The second kappa shape index (κ2) is 7.81. The molecular weight excluding hydrogens is 284 g/mol. The van der Waals surface area contributed by atoms with Crippen molar-refractivity contribution in [1.82, 2.24) is 10.3 Å². The Hall–Kier alpha value is -0.840. The van der Waals surface area contributed by atoms with E-state index in [1.807, 2.05) is 6.92 Å². The van der Waals surface area contributed by atoms with Gasteiger partial charge in [-0.25, -0.2) is 4.98 Å². The third-order valence-electron chi connectivity index (χ3n) is 3.13. The Kier molecular flexibility index (Phi) is 6.07. The van der Waals surface area contributed by atoms with Crippen LogP contribution in [0.15, 0.2) is 38.9 Å². The highest BCUT2D eigenvalue weighted by molar-refractivity contribution is 8.01. The number of hydrogen-bond acceptors (Lipinski definition) is 4. The molecule has 1 aromatic heterocycles. The third kappa shape index (κ3) is 4.33.